The molecule has 1 aromatic heterocycles. The van der Waals surface area contributed by atoms with E-state index >= 15 is 0 Å². The average Bonchev–Trinajstić information content (AvgIpc) is 3.23. The van der Waals surface area contributed by atoms with Gasteiger partial charge in [0.2, 0.25) is 11.8 Å². The minimum absolute atomic E-state index is 0.0142. The molecule has 1 fully saturated rings. The van der Waals surface area contributed by atoms with Crippen molar-refractivity contribution < 1.29 is 14.3 Å². The van der Waals surface area contributed by atoms with E-state index in [9.17, 15) is 9.59 Å². The predicted molar refractivity (Wildman–Crippen MR) is 124 cm³/mol. The first-order valence-electron chi connectivity index (χ1n) is 11.3. The van der Waals surface area contributed by atoms with Gasteiger partial charge in [-0.2, -0.15) is 0 Å². The van der Waals surface area contributed by atoms with Gasteiger partial charge < -0.3 is 15.0 Å². The van der Waals surface area contributed by atoms with Crippen LogP contribution in [0, 0.1) is 5.92 Å². The lowest BCUT2D eigenvalue weighted by atomic mass is 9.98. The zero-order valence-electron chi connectivity index (χ0n) is 18.7. The van der Waals surface area contributed by atoms with Gasteiger partial charge in [0.15, 0.2) is 0 Å². The first kappa shape index (κ1) is 23.3. The molecule has 1 aliphatic heterocycles. The fraction of sp³-hybridized carbons (Fsp3) is 0.542. The molecule has 1 N–H and O–H groups in total. The van der Waals surface area contributed by atoms with Crippen molar-refractivity contribution in [3.63, 3.8) is 0 Å². The number of hydrogen-bond donors (Lipinski definition) is 1. The summed E-state index contributed by atoms with van der Waals surface area (Å²) in [5.41, 5.74) is 1.72. The van der Waals surface area contributed by atoms with Crippen LogP contribution >= 0.6 is 11.3 Å². The predicted octanol–water partition coefficient (Wildman–Crippen LogP) is 4.29. The minimum atomic E-state index is -0.0142. The standard InChI is InChI=1S/C24H33N3O3S/c1-4-17(5-2)24(29)27-13-11-18(12-14-27)25-22(28)15-19-16-31-23(26-19)20-9-7-8-10-21(20)30-6-3/h7-10,16-18H,4-6,11-15H2,1-3H3,(H,25,28). The molecule has 0 aliphatic carbocycles. The van der Waals surface area contributed by atoms with Crippen LogP contribution < -0.4 is 10.1 Å². The van der Waals surface area contributed by atoms with E-state index in [-0.39, 0.29) is 30.2 Å². The summed E-state index contributed by atoms with van der Waals surface area (Å²) in [4.78, 5) is 31.7. The minimum Gasteiger partial charge on any atom is -0.493 e. The smallest absolute Gasteiger partial charge is 0.226 e. The van der Waals surface area contributed by atoms with Crippen LogP contribution in [0.3, 0.4) is 0 Å². The number of ether oxygens (including phenoxy) is 1. The maximum absolute atomic E-state index is 12.6. The number of aromatic nitrogens is 1. The lowest BCUT2D eigenvalue weighted by Gasteiger charge is -2.34. The van der Waals surface area contributed by atoms with Crippen LogP contribution in [0.25, 0.3) is 10.6 Å². The van der Waals surface area contributed by atoms with Crippen molar-refractivity contribution in [1.29, 1.82) is 0 Å². The first-order valence-corrected chi connectivity index (χ1v) is 12.2. The number of hydrogen-bond acceptors (Lipinski definition) is 5. The first-order chi connectivity index (χ1) is 15.0. The molecule has 1 saturated heterocycles. The molecular formula is C24H33N3O3S. The molecule has 1 aromatic carbocycles. The number of nitrogens with one attached hydrogen (secondary N) is 1. The third kappa shape index (κ3) is 6.06. The summed E-state index contributed by atoms with van der Waals surface area (Å²) < 4.78 is 5.70. The van der Waals surface area contributed by atoms with Crippen molar-refractivity contribution in [1.82, 2.24) is 15.2 Å². The number of carbonyl (C=O) groups is 2. The third-order valence-electron chi connectivity index (χ3n) is 5.82. The molecule has 31 heavy (non-hydrogen) atoms. The van der Waals surface area contributed by atoms with E-state index in [0.29, 0.717) is 6.61 Å². The van der Waals surface area contributed by atoms with Crippen molar-refractivity contribution in [3.05, 3.63) is 35.3 Å². The van der Waals surface area contributed by atoms with Crippen LogP contribution in [0.1, 0.15) is 52.1 Å². The zero-order chi connectivity index (χ0) is 22.2. The van der Waals surface area contributed by atoms with Crippen molar-refractivity contribution >= 4 is 23.2 Å². The van der Waals surface area contributed by atoms with E-state index in [1.54, 1.807) is 0 Å². The summed E-state index contributed by atoms with van der Waals surface area (Å²) in [6.45, 7) is 8.13. The van der Waals surface area contributed by atoms with E-state index in [1.807, 2.05) is 41.5 Å². The molecule has 0 radical (unpaired) electrons. The SMILES string of the molecule is CCOc1ccccc1-c1nc(CC(=O)NC2CCN(C(=O)C(CC)CC)CC2)cs1. The largest absolute Gasteiger partial charge is 0.493 e. The highest BCUT2D eigenvalue weighted by Gasteiger charge is 2.27. The molecule has 2 aromatic rings. The lowest BCUT2D eigenvalue weighted by molar-refractivity contribution is -0.137. The van der Waals surface area contributed by atoms with E-state index in [2.05, 4.69) is 24.1 Å². The molecule has 0 saturated carbocycles. The molecule has 0 unspecified atom stereocenters. The molecule has 2 heterocycles. The van der Waals surface area contributed by atoms with E-state index in [1.165, 1.54) is 11.3 Å². The highest BCUT2D eigenvalue weighted by Crippen LogP contribution is 2.32. The normalized spacial score (nSPS) is 14.6. The Morgan fingerprint density at radius 1 is 1.19 bits per heavy atom. The van der Waals surface area contributed by atoms with Crippen molar-refractivity contribution in [3.8, 4) is 16.3 Å². The number of amides is 2. The molecule has 0 atom stereocenters. The van der Waals surface area contributed by atoms with Crippen LogP contribution in [0.2, 0.25) is 0 Å². The van der Waals surface area contributed by atoms with Gasteiger partial charge in [-0.3, -0.25) is 9.59 Å². The maximum atomic E-state index is 12.6. The van der Waals surface area contributed by atoms with Crippen LogP contribution in [0.15, 0.2) is 29.6 Å². The van der Waals surface area contributed by atoms with Gasteiger partial charge in [0.25, 0.3) is 0 Å². The Hall–Kier alpha value is -2.41. The van der Waals surface area contributed by atoms with E-state index < -0.39 is 0 Å². The maximum Gasteiger partial charge on any atom is 0.226 e. The number of para-hydroxylation sites is 1. The molecule has 0 spiro atoms. The Balaban J connectivity index is 1.51. The topological polar surface area (TPSA) is 71.5 Å². The van der Waals surface area contributed by atoms with Gasteiger partial charge in [0.05, 0.1) is 24.3 Å². The van der Waals surface area contributed by atoms with Gasteiger partial charge in [-0.25, -0.2) is 4.98 Å². The summed E-state index contributed by atoms with van der Waals surface area (Å²) in [6, 6.07) is 7.96. The van der Waals surface area contributed by atoms with Crippen LogP contribution in [-0.4, -0.2) is 47.4 Å². The summed E-state index contributed by atoms with van der Waals surface area (Å²) >= 11 is 1.53. The second kappa shape index (κ2) is 11.3. The number of benzene rings is 1. The van der Waals surface area contributed by atoms with Gasteiger partial charge in [-0.05, 0) is 44.7 Å². The Labute approximate surface area is 189 Å². The summed E-state index contributed by atoms with van der Waals surface area (Å²) in [5, 5.41) is 5.93. The molecule has 6 nitrogen and oxygen atoms in total. The highest BCUT2D eigenvalue weighted by molar-refractivity contribution is 7.13. The van der Waals surface area contributed by atoms with Gasteiger partial charge in [-0.15, -0.1) is 11.3 Å². The van der Waals surface area contributed by atoms with Gasteiger partial charge in [0.1, 0.15) is 10.8 Å². The number of thiazole rings is 1. The zero-order valence-corrected chi connectivity index (χ0v) is 19.5. The van der Waals surface area contributed by atoms with Gasteiger partial charge in [-0.1, -0.05) is 26.0 Å². The molecule has 7 heteroatoms. The molecule has 0 bridgehead atoms. The number of rotatable bonds is 9. The molecule has 168 valence electrons. The Morgan fingerprint density at radius 2 is 1.90 bits per heavy atom. The third-order valence-corrected chi connectivity index (χ3v) is 6.74. The molecular weight excluding hydrogens is 410 g/mol. The van der Waals surface area contributed by atoms with Crippen molar-refractivity contribution in [2.75, 3.05) is 19.7 Å². The molecule has 2 amide bonds. The highest BCUT2D eigenvalue weighted by atomic mass is 32.1. The van der Waals surface area contributed by atoms with E-state index in [0.717, 1.165) is 60.8 Å². The van der Waals surface area contributed by atoms with E-state index in [4.69, 9.17) is 4.74 Å². The number of piperidine rings is 1. The fourth-order valence-corrected chi connectivity index (χ4v) is 4.87. The summed E-state index contributed by atoms with van der Waals surface area (Å²) in [5.74, 6) is 1.18. The average molecular weight is 444 g/mol. The van der Waals surface area contributed by atoms with Crippen LogP contribution in [0.4, 0.5) is 0 Å². The molecule has 1 aliphatic rings. The van der Waals surface area contributed by atoms with Gasteiger partial charge >= 0.3 is 0 Å². The second-order valence-electron chi connectivity index (χ2n) is 7.93. The second-order valence-corrected chi connectivity index (χ2v) is 8.79. The number of nitrogens with zero attached hydrogens (tertiary/aromatic N) is 2. The monoisotopic (exact) mass is 443 g/mol. The summed E-state index contributed by atoms with van der Waals surface area (Å²) in [7, 11) is 0. The fourth-order valence-electron chi connectivity index (χ4n) is 4.02. The Kier molecular flexibility index (Phi) is 8.46. The van der Waals surface area contributed by atoms with Crippen molar-refractivity contribution in [2.45, 2.75) is 58.9 Å². The number of likely N-dealkylation sites (tertiary alicyclic amines) is 1. The Morgan fingerprint density at radius 3 is 2.58 bits per heavy atom. The van der Waals surface area contributed by atoms with Gasteiger partial charge in [0, 0.05) is 30.4 Å². The number of carbonyl (C=O) groups excluding carboxylic acids is 2. The molecule has 3 rings (SSSR count). The van der Waals surface area contributed by atoms with Crippen LogP contribution in [-0.2, 0) is 16.0 Å². The quantitative estimate of drug-likeness (QED) is 0.627. The Bertz CT molecular complexity index is 870. The van der Waals surface area contributed by atoms with Crippen LogP contribution in [0.5, 0.6) is 5.75 Å². The summed E-state index contributed by atoms with van der Waals surface area (Å²) in [6.07, 6.45) is 3.65. The lowest BCUT2D eigenvalue weighted by Crippen LogP contribution is -2.48. The van der Waals surface area contributed by atoms with Crippen molar-refractivity contribution in [2.24, 2.45) is 5.92 Å².